The van der Waals surface area contributed by atoms with Crippen molar-refractivity contribution >= 4 is 39.8 Å². The van der Waals surface area contributed by atoms with E-state index in [1.807, 2.05) is 13.2 Å². The quantitative estimate of drug-likeness (QED) is 0.681. The summed E-state index contributed by atoms with van der Waals surface area (Å²) in [6.07, 6.45) is 4.39. The highest BCUT2D eigenvalue weighted by atomic mass is 32.2. The molecule has 0 aliphatic carbocycles. The largest absolute Gasteiger partial charge is 0.462 e. The van der Waals surface area contributed by atoms with Crippen LogP contribution in [0.25, 0.3) is 0 Å². The zero-order chi connectivity index (χ0) is 14.7. The minimum Gasteiger partial charge on any atom is -0.462 e. The predicted octanol–water partition coefficient (Wildman–Crippen LogP) is 3.47. The fraction of sp³-hybridized carbons (Fsp3) is 0.643. The molecule has 1 aromatic rings. The summed E-state index contributed by atoms with van der Waals surface area (Å²) in [5.41, 5.74) is 6.72. The molecule has 1 aromatic heterocycles. The van der Waals surface area contributed by atoms with E-state index in [-0.39, 0.29) is 5.97 Å². The van der Waals surface area contributed by atoms with Gasteiger partial charge in [-0.15, -0.1) is 23.1 Å². The molecule has 0 unspecified atom stereocenters. The SMILES string of the molecule is CCOC(=O)c1sc(N2CCC(C)CC2)c(SC)c1N. The van der Waals surface area contributed by atoms with Crippen LogP contribution in [-0.4, -0.2) is 31.9 Å². The van der Waals surface area contributed by atoms with Crippen molar-refractivity contribution in [2.24, 2.45) is 5.92 Å². The summed E-state index contributed by atoms with van der Waals surface area (Å²) in [5.74, 6) is 0.479. The van der Waals surface area contributed by atoms with Gasteiger partial charge < -0.3 is 15.4 Å². The number of rotatable bonds is 4. The van der Waals surface area contributed by atoms with Gasteiger partial charge in [0, 0.05) is 13.1 Å². The van der Waals surface area contributed by atoms with E-state index in [1.54, 1.807) is 11.8 Å². The number of piperidine rings is 1. The van der Waals surface area contributed by atoms with E-state index in [0.29, 0.717) is 17.2 Å². The third-order valence-electron chi connectivity index (χ3n) is 3.62. The molecule has 6 heteroatoms. The molecule has 2 N–H and O–H groups in total. The lowest BCUT2D eigenvalue weighted by Crippen LogP contribution is -2.32. The first-order valence-corrected chi connectivity index (χ1v) is 9.00. The Kier molecular flexibility index (Phi) is 5.21. The van der Waals surface area contributed by atoms with Crippen molar-refractivity contribution in [3.05, 3.63) is 4.88 Å². The van der Waals surface area contributed by atoms with E-state index in [4.69, 9.17) is 10.5 Å². The van der Waals surface area contributed by atoms with Gasteiger partial charge in [0.05, 0.1) is 17.2 Å². The van der Waals surface area contributed by atoms with Crippen LogP contribution in [0.4, 0.5) is 10.7 Å². The third kappa shape index (κ3) is 3.06. The molecule has 20 heavy (non-hydrogen) atoms. The van der Waals surface area contributed by atoms with Gasteiger partial charge >= 0.3 is 5.97 Å². The summed E-state index contributed by atoms with van der Waals surface area (Å²) in [6.45, 7) is 6.55. The number of carbonyl (C=O) groups excluding carboxylic acids is 1. The number of hydrogen-bond acceptors (Lipinski definition) is 6. The van der Waals surface area contributed by atoms with Crippen LogP contribution in [0, 0.1) is 5.92 Å². The lowest BCUT2D eigenvalue weighted by atomic mass is 9.99. The molecule has 1 saturated heterocycles. The van der Waals surface area contributed by atoms with Crippen molar-refractivity contribution in [2.75, 3.05) is 36.6 Å². The molecule has 0 bridgehead atoms. The van der Waals surface area contributed by atoms with Gasteiger partial charge in [0.15, 0.2) is 0 Å². The van der Waals surface area contributed by atoms with Crippen LogP contribution in [-0.2, 0) is 4.74 Å². The Labute approximate surface area is 128 Å². The molecule has 2 rings (SSSR count). The van der Waals surface area contributed by atoms with Crippen molar-refractivity contribution < 1.29 is 9.53 Å². The molecule has 0 aromatic carbocycles. The van der Waals surface area contributed by atoms with Crippen LogP contribution < -0.4 is 10.6 Å². The maximum atomic E-state index is 12.0. The van der Waals surface area contributed by atoms with Gasteiger partial charge in [-0.3, -0.25) is 0 Å². The fourth-order valence-corrected chi connectivity index (χ4v) is 4.51. The van der Waals surface area contributed by atoms with Crippen molar-refractivity contribution in [1.82, 2.24) is 0 Å². The standard InChI is InChI=1S/C14H22N2O2S2/c1-4-18-14(17)12-10(15)11(19-3)13(20-12)16-7-5-9(2)6-8-16/h9H,4-8,15H2,1-3H3. The first kappa shape index (κ1) is 15.5. The molecular weight excluding hydrogens is 292 g/mol. The molecular formula is C14H22N2O2S2. The van der Waals surface area contributed by atoms with Gasteiger partial charge in [0.2, 0.25) is 0 Å². The predicted molar refractivity (Wildman–Crippen MR) is 87.1 cm³/mol. The molecule has 0 radical (unpaired) electrons. The average molecular weight is 314 g/mol. The molecule has 1 aliphatic heterocycles. The lowest BCUT2D eigenvalue weighted by molar-refractivity contribution is 0.0533. The Bertz CT molecular complexity index is 480. The Hall–Kier alpha value is -0.880. The molecule has 0 spiro atoms. The molecule has 1 aliphatic rings. The molecule has 0 atom stereocenters. The number of hydrogen-bond donors (Lipinski definition) is 1. The van der Waals surface area contributed by atoms with Crippen molar-refractivity contribution in [3.63, 3.8) is 0 Å². The monoisotopic (exact) mass is 314 g/mol. The van der Waals surface area contributed by atoms with Gasteiger partial charge in [-0.25, -0.2) is 4.79 Å². The fourth-order valence-electron chi connectivity index (χ4n) is 2.38. The zero-order valence-corrected chi connectivity index (χ0v) is 13.9. The van der Waals surface area contributed by atoms with Gasteiger partial charge in [-0.2, -0.15) is 0 Å². The number of nitrogens with two attached hydrogens (primary N) is 1. The average Bonchev–Trinajstić information content (AvgIpc) is 2.77. The van der Waals surface area contributed by atoms with E-state index >= 15 is 0 Å². The van der Waals surface area contributed by atoms with Crippen molar-refractivity contribution in [2.45, 2.75) is 31.6 Å². The Morgan fingerprint density at radius 1 is 1.50 bits per heavy atom. The van der Waals surface area contributed by atoms with E-state index in [9.17, 15) is 4.79 Å². The maximum Gasteiger partial charge on any atom is 0.350 e. The number of nitrogen functional groups attached to an aromatic ring is 1. The number of ether oxygens (including phenoxy) is 1. The Morgan fingerprint density at radius 3 is 2.70 bits per heavy atom. The van der Waals surface area contributed by atoms with Crippen LogP contribution >= 0.6 is 23.1 Å². The first-order chi connectivity index (χ1) is 9.58. The minimum atomic E-state index is -0.304. The van der Waals surface area contributed by atoms with Crippen LogP contribution in [0.2, 0.25) is 0 Å². The van der Waals surface area contributed by atoms with Crippen molar-refractivity contribution in [3.8, 4) is 0 Å². The second-order valence-electron chi connectivity index (χ2n) is 5.07. The lowest BCUT2D eigenvalue weighted by Gasteiger charge is -2.31. The smallest absolute Gasteiger partial charge is 0.350 e. The summed E-state index contributed by atoms with van der Waals surface area (Å²) in [5, 5.41) is 1.13. The third-order valence-corrected chi connectivity index (χ3v) is 5.82. The summed E-state index contributed by atoms with van der Waals surface area (Å²) in [7, 11) is 0. The van der Waals surface area contributed by atoms with Gasteiger partial charge in [-0.05, 0) is 31.9 Å². The number of anilines is 2. The number of carbonyl (C=O) groups is 1. The van der Waals surface area contributed by atoms with E-state index < -0.39 is 0 Å². The molecule has 1 fully saturated rings. The first-order valence-electron chi connectivity index (χ1n) is 6.96. The van der Waals surface area contributed by atoms with Crippen molar-refractivity contribution in [1.29, 1.82) is 0 Å². The summed E-state index contributed by atoms with van der Waals surface area (Å²) < 4.78 is 5.09. The number of thiophene rings is 1. The highest BCUT2D eigenvalue weighted by Gasteiger charge is 2.26. The topological polar surface area (TPSA) is 55.6 Å². The normalized spacial score (nSPS) is 16.4. The maximum absolute atomic E-state index is 12.0. The second-order valence-corrected chi connectivity index (χ2v) is 6.89. The molecule has 0 saturated carbocycles. The Balaban J connectivity index is 2.28. The Morgan fingerprint density at radius 2 is 2.15 bits per heavy atom. The van der Waals surface area contributed by atoms with Crippen LogP contribution in [0.5, 0.6) is 0 Å². The van der Waals surface area contributed by atoms with E-state index in [0.717, 1.165) is 28.9 Å². The highest BCUT2D eigenvalue weighted by molar-refractivity contribution is 7.99. The number of thioether (sulfide) groups is 1. The highest BCUT2D eigenvalue weighted by Crippen LogP contribution is 2.45. The van der Waals surface area contributed by atoms with E-state index in [2.05, 4.69) is 11.8 Å². The van der Waals surface area contributed by atoms with Gasteiger partial charge in [0.1, 0.15) is 9.88 Å². The summed E-state index contributed by atoms with van der Waals surface area (Å²) >= 11 is 3.08. The second kappa shape index (κ2) is 6.72. The molecule has 4 nitrogen and oxygen atoms in total. The molecule has 112 valence electrons. The number of esters is 1. The van der Waals surface area contributed by atoms with Crippen LogP contribution in [0.1, 0.15) is 36.4 Å². The van der Waals surface area contributed by atoms with Gasteiger partial charge in [0.25, 0.3) is 0 Å². The molecule has 0 amide bonds. The van der Waals surface area contributed by atoms with E-state index in [1.165, 1.54) is 24.2 Å². The van der Waals surface area contributed by atoms with Crippen LogP contribution in [0.3, 0.4) is 0 Å². The summed E-state index contributed by atoms with van der Waals surface area (Å²) in [6, 6.07) is 0. The summed E-state index contributed by atoms with van der Waals surface area (Å²) in [4.78, 5) is 15.9. The van der Waals surface area contributed by atoms with Crippen LogP contribution in [0.15, 0.2) is 4.90 Å². The minimum absolute atomic E-state index is 0.304. The molecule has 2 heterocycles. The number of nitrogens with zero attached hydrogens (tertiary/aromatic N) is 1. The van der Waals surface area contributed by atoms with Gasteiger partial charge in [-0.1, -0.05) is 6.92 Å². The zero-order valence-electron chi connectivity index (χ0n) is 12.3.